The first-order valence-corrected chi connectivity index (χ1v) is 10.9. The second kappa shape index (κ2) is 9.39. The predicted molar refractivity (Wildman–Crippen MR) is 116 cm³/mol. The highest BCUT2D eigenvalue weighted by atomic mass is 79.9. The minimum atomic E-state index is -0.0237. The van der Waals surface area contributed by atoms with Crippen LogP contribution in [-0.2, 0) is 10.2 Å². The standard InChI is InChI=1S/C21H33BrN4O/c1-4-23-20(24-16-21(2,3)18-7-5-6-8-19(18)22)26-10-9-17(15-26)25-11-13-27-14-12-25/h5-8,17H,4,9-16H2,1-3H3,(H,23,24). The predicted octanol–water partition coefficient (Wildman–Crippen LogP) is 3.10. The number of nitrogens with zero attached hydrogens (tertiary/aromatic N) is 3. The van der Waals surface area contributed by atoms with Crippen LogP contribution in [-0.4, -0.2) is 74.3 Å². The summed E-state index contributed by atoms with van der Waals surface area (Å²) in [6, 6.07) is 9.09. The number of likely N-dealkylation sites (tertiary alicyclic amines) is 1. The Morgan fingerprint density at radius 3 is 2.70 bits per heavy atom. The van der Waals surface area contributed by atoms with E-state index in [1.54, 1.807) is 0 Å². The fraction of sp³-hybridized carbons (Fsp3) is 0.667. The highest BCUT2D eigenvalue weighted by Crippen LogP contribution is 2.30. The van der Waals surface area contributed by atoms with Crippen molar-refractivity contribution in [2.75, 3.05) is 52.5 Å². The first-order valence-electron chi connectivity index (χ1n) is 10.1. The molecule has 27 heavy (non-hydrogen) atoms. The van der Waals surface area contributed by atoms with Gasteiger partial charge in [0.05, 0.1) is 19.8 Å². The van der Waals surface area contributed by atoms with E-state index in [1.165, 1.54) is 12.0 Å². The number of morpholine rings is 1. The van der Waals surface area contributed by atoms with Crippen molar-refractivity contribution in [1.29, 1.82) is 0 Å². The minimum Gasteiger partial charge on any atom is -0.379 e. The topological polar surface area (TPSA) is 40.1 Å². The third kappa shape index (κ3) is 5.24. The summed E-state index contributed by atoms with van der Waals surface area (Å²) >= 11 is 3.70. The van der Waals surface area contributed by atoms with Crippen LogP contribution in [0.5, 0.6) is 0 Å². The molecule has 5 nitrogen and oxygen atoms in total. The smallest absolute Gasteiger partial charge is 0.193 e. The van der Waals surface area contributed by atoms with Crippen molar-refractivity contribution in [2.24, 2.45) is 4.99 Å². The van der Waals surface area contributed by atoms with Crippen molar-refractivity contribution in [1.82, 2.24) is 15.1 Å². The third-order valence-electron chi connectivity index (χ3n) is 5.59. The molecule has 2 saturated heterocycles. The Hall–Kier alpha value is -1.11. The van der Waals surface area contributed by atoms with Crippen LogP contribution in [0.15, 0.2) is 33.7 Å². The lowest BCUT2D eigenvalue weighted by atomic mass is 9.85. The SMILES string of the molecule is CCNC(=NCC(C)(C)c1ccccc1Br)N1CCC(N2CCOCC2)C1. The number of hydrogen-bond acceptors (Lipinski definition) is 3. The molecular weight excluding hydrogens is 404 g/mol. The molecule has 1 unspecified atom stereocenters. The van der Waals surface area contributed by atoms with E-state index >= 15 is 0 Å². The van der Waals surface area contributed by atoms with E-state index in [0.717, 1.165) is 62.9 Å². The van der Waals surface area contributed by atoms with Crippen LogP contribution >= 0.6 is 15.9 Å². The summed E-state index contributed by atoms with van der Waals surface area (Å²) in [4.78, 5) is 10.0. The maximum Gasteiger partial charge on any atom is 0.193 e. The van der Waals surface area contributed by atoms with Gasteiger partial charge >= 0.3 is 0 Å². The molecule has 0 aromatic heterocycles. The molecule has 2 aliphatic heterocycles. The largest absolute Gasteiger partial charge is 0.379 e. The Labute approximate surface area is 172 Å². The molecule has 6 heteroatoms. The van der Waals surface area contributed by atoms with E-state index in [-0.39, 0.29) is 5.41 Å². The van der Waals surface area contributed by atoms with Gasteiger partial charge in [0.2, 0.25) is 0 Å². The Balaban J connectivity index is 1.67. The van der Waals surface area contributed by atoms with Crippen molar-refractivity contribution in [3.05, 3.63) is 34.3 Å². The van der Waals surface area contributed by atoms with Crippen LogP contribution in [0.2, 0.25) is 0 Å². The maximum absolute atomic E-state index is 5.50. The van der Waals surface area contributed by atoms with Crippen molar-refractivity contribution in [2.45, 2.75) is 38.6 Å². The molecule has 150 valence electrons. The summed E-state index contributed by atoms with van der Waals surface area (Å²) in [5.74, 6) is 1.05. The number of benzene rings is 1. The lowest BCUT2D eigenvalue weighted by Crippen LogP contribution is -2.47. The van der Waals surface area contributed by atoms with Crippen LogP contribution in [0.4, 0.5) is 0 Å². The average molecular weight is 437 g/mol. The molecule has 0 radical (unpaired) electrons. The van der Waals surface area contributed by atoms with Crippen LogP contribution in [0.1, 0.15) is 32.8 Å². The lowest BCUT2D eigenvalue weighted by Gasteiger charge is -2.32. The number of nitrogens with one attached hydrogen (secondary N) is 1. The van der Waals surface area contributed by atoms with Gasteiger partial charge < -0.3 is 15.0 Å². The number of halogens is 1. The lowest BCUT2D eigenvalue weighted by molar-refractivity contribution is 0.0195. The molecule has 0 aliphatic carbocycles. The molecule has 2 fully saturated rings. The van der Waals surface area contributed by atoms with E-state index in [0.29, 0.717) is 6.04 Å². The summed E-state index contributed by atoms with van der Waals surface area (Å²) in [5, 5.41) is 3.51. The second-order valence-corrected chi connectivity index (χ2v) is 8.93. The summed E-state index contributed by atoms with van der Waals surface area (Å²) < 4.78 is 6.66. The summed E-state index contributed by atoms with van der Waals surface area (Å²) in [6.45, 7) is 14.3. The second-order valence-electron chi connectivity index (χ2n) is 8.07. The van der Waals surface area contributed by atoms with Gasteiger partial charge in [-0.05, 0) is 25.0 Å². The zero-order valence-electron chi connectivity index (χ0n) is 16.9. The highest BCUT2D eigenvalue weighted by Gasteiger charge is 2.31. The molecule has 0 saturated carbocycles. The summed E-state index contributed by atoms with van der Waals surface area (Å²) in [5.41, 5.74) is 1.28. The minimum absolute atomic E-state index is 0.0237. The van der Waals surface area contributed by atoms with Gasteiger partial charge in [0, 0.05) is 48.7 Å². The zero-order valence-corrected chi connectivity index (χ0v) is 18.5. The number of aliphatic imine (C=N–C) groups is 1. The highest BCUT2D eigenvalue weighted by molar-refractivity contribution is 9.10. The van der Waals surface area contributed by atoms with E-state index in [9.17, 15) is 0 Å². The number of guanidine groups is 1. The van der Waals surface area contributed by atoms with Gasteiger partial charge in [-0.2, -0.15) is 0 Å². The third-order valence-corrected chi connectivity index (χ3v) is 6.28. The molecular formula is C21H33BrN4O. The molecule has 2 aliphatic rings. The van der Waals surface area contributed by atoms with Gasteiger partial charge in [-0.3, -0.25) is 9.89 Å². The zero-order chi connectivity index (χ0) is 19.3. The maximum atomic E-state index is 5.50. The van der Waals surface area contributed by atoms with Crippen LogP contribution in [0.25, 0.3) is 0 Å². The van der Waals surface area contributed by atoms with Crippen molar-refractivity contribution >= 4 is 21.9 Å². The fourth-order valence-corrected chi connectivity index (χ4v) is 4.79. The van der Waals surface area contributed by atoms with Crippen LogP contribution in [0.3, 0.4) is 0 Å². The van der Waals surface area contributed by atoms with Crippen LogP contribution in [0, 0.1) is 0 Å². The van der Waals surface area contributed by atoms with Crippen molar-refractivity contribution in [3.8, 4) is 0 Å². The molecule has 1 aromatic carbocycles. The molecule has 0 spiro atoms. The molecule has 3 rings (SSSR count). The van der Waals surface area contributed by atoms with Gasteiger partial charge in [-0.15, -0.1) is 0 Å². The molecule has 1 N–H and O–H groups in total. The summed E-state index contributed by atoms with van der Waals surface area (Å²) in [6.07, 6.45) is 1.21. The molecule has 2 heterocycles. The molecule has 0 bridgehead atoms. The first-order chi connectivity index (χ1) is 13.0. The van der Waals surface area contributed by atoms with E-state index in [1.807, 2.05) is 0 Å². The monoisotopic (exact) mass is 436 g/mol. The Kier molecular flexibility index (Phi) is 7.17. The van der Waals surface area contributed by atoms with Gasteiger partial charge in [0.25, 0.3) is 0 Å². The van der Waals surface area contributed by atoms with Crippen LogP contribution < -0.4 is 5.32 Å². The number of ether oxygens (including phenoxy) is 1. The average Bonchev–Trinajstić information content (AvgIpc) is 3.16. The Morgan fingerprint density at radius 2 is 2.00 bits per heavy atom. The van der Waals surface area contributed by atoms with Crippen molar-refractivity contribution in [3.63, 3.8) is 0 Å². The number of hydrogen-bond donors (Lipinski definition) is 1. The summed E-state index contributed by atoms with van der Waals surface area (Å²) in [7, 11) is 0. The van der Waals surface area contributed by atoms with Gasteiger partial charge in [0.1, 0.15) is 0 Å². The van der Waals surface area contributed by atoms with Crippen molar-refractivity contribution < 1.29 is 4.74 Å². The first kappa shape index (κ1) is 20.6. The van der Waals surface area contributed by atoms with Gasteiger partial charge in [0.15, 0.2) is 5.96 Å². The molecule has 0 amide bonds. The Morgan fingerprint density at radius 1 is 1.26 bits per heavy atom. The quantitative estimate of drug-likeness (QED) is 0.568. The van der Waals surface area contributed by atoms with Gasteiger partial charge in [-0.1, -0.05) is 48.0 Å². The number of rotatable bonds is 5. The van der Waals surface area contributed by atoms with Gasteiger partial charge in [-0.25, -0.2) is 0 Å². The van der Waals surface area contributed by atoms with E-state index < -0.39 is 0 Å². The Bertz CT molecular complexity index is 643. The van der Waals surface area contributed by atoms with E-state index in [4.69, 9.17) is 9.73 Å². The normalized spacial score (nSPS) is 22.3. The molecule has 1 atom stereocenters. The fourth-order valence-electron chi connectivity index (χ4n) is 3.97. The molecule has 1 aromatic rings. The van der Waals surface area contributed by atoms with E-state index in [2.05, 4.69) is 76.1 Å².